The highest BCUT2D eigenvalue weighted by molar-refractivity contribution is 6.30. The average molecular weight is 271 g/mol. The van der Waals surface area contributed by atoms with E-state index in [9.17, 15) is 5.11 Å². The number of rotatable bonds is 4. The van der Waals surface area contributed by atoms with Gasteiger partial charge in [0.15, 0.2) is 0 Å². The van der Waals surface area contributed by atoms with Gasteiger partial charge in [0.05, 0.1) is 0 Å². The van der Waals surface area contributed by atoms with Crippen molar-refractivity contribution in [2.75, 3.05) is 19.8 Å². The Morgan fingerprint density at radius 2 is 2.17 bits per heavy atom. The molecule has 2 rings (SSSR count). The third kappa shape index (κ3) is 2.86. The fraction of sp³-hybridized carbons (Fsp3) is 0.571. The summed E-state index contributed by atoms with van der Waals surface area (Å²) >= 11 is 5.97. The molecule has 1 atom stereocenters. The zero-order valence-electron chi connectivity index (χ0n) is 10.6. The molecule has 1 aromatic rings. The molecule has 0 amide bonds. The number of aliphatic hydroxyl groups is 1. The average Bonchev–Trinajstić information content (AvgIpc) is 2.39. The summed E-state index contributed by atoms with van der Waals surface area (Å²) in [5.41, 5.74) is 0.260. The van der Waals surface area contributed by atoms with Gasteiger partial charge in [-0.3, -0.25) is 0 Å². The van der Waals surface area contributed by atoms with Crippen LogP contribution in [0.5, 0.6) is 0 Å². The van der Waals surface area contributed by atoms with Crippen molar-refractivity contribution < 1.29 is 14.6 Å². The smallest absolute Gasteiger partial charge is 0.108 e. The van der Waals surface area contributed by atoms with Crippen molar-refractivity contribution in [3.05, 3.63) is 34.9 Å². The molecular formula is C14H19ClO3. The lowest BCUT2D eigenvalue weighted by Crippen LogP contribution is -2.44. The predicted octanol–water partition coefficient (Wildman–Crippen LogP) is 2.96. The van der Waals surface area contributed by atoms with E-state index in [2.05, 4.69) is 0 Å². The van der Waals surface area contributed by atoms with Crippen LogP contribution in [0.25, 0.3) is 0 Å². The van der Waals surface area contributed by atoms with E-state index < -0.39 is 11.7 Å². The van der Waals surface area contributed by atoms with E-state index in [1.165, 1.54) is 0 Å². The van der Waals surface area contributed by atoms with Gasteiger partial charge in [-0.25, -0.2) is 0 Å². The van der Waals surface area contributed by atoms with Gasteiger partial charge in [-0.1, -0.05) is 23.7 Å². The van der Waals surface area contributed by atoms with E-state index in [1.807, 2.05) is 19.1 Å². The number of benzene rings is 1. The highest BCUT2D eigenvalue weighted by Gasteiger charge is 2.41. The molecule has 1 heterocycles. The van der Waals surface area contributed by atoms with E-state index >= 15 is 0 Å². The minimum absolute atomic E-state index is 0.544. The summed E-state index contributed by atoms with van der Waals surface area (Å²) in [6.07, 6.45) is 0.739. The molecule has 1 N–H and O–H groups in total. The molecule has 1 aromatic carbocycles. The zero-order valence-corrected chi connectivity index (χ0v) is 11.3. The Morgan fingerprint density at radius 1 is 1.44 bits per heavy atom. The number of hydrogen-bond acceptors (Lipinski definition) is 3. The van der Waals surface area contributed by atoms with Gasteiger partial charge >= 0.3 is 0 Å². The largest absolute Gasteiger partial charge is 0.385 e. The Bertz CT molecular complexity index is 383. The van der Waals surface area contributed by atoms with Crippen molar-refractivity contribution in [3.8, 4) is 0 Å². The first kappa shape index (κ1) is 13.8. The number of hydrogen-bond donors (Lipinski definition) is 1. The Kier molecular flexibility index (Phi) is 4.62. The molecule has 18 heavy (non-hydrogen) atoms. The molecule has 0 aliphatic carbocycles. The van der Waals surface area contributed by atoms with Crippen LogP contribution in [0.15, 0.2) is 24.3 Å². The van der Waals surface area contributed by atoms with Crippen molar-refractivity contribution in [2.24, 2.45) is 0 Å². The minimum Gasteiger partial charge on any atom is -0.385 e. The Labute approximate surface area is 113 Å². The van der Waals surface area contributed by atoms with Crippen molar-refractivity contribution >= 4 is 11.6 Å². The topological polar surface area (TPSA) is 38.7 Å². The number of aliphatic hydroxyl groups excluding tert-OH is 1. The van der Waals surface area contributed by atoms with Crippen LogP contribution in [0.4, 0.5) is 0 Å². The molecule has 1 fully saturated rings. The summed E-state index contributed by atoms with van der Waals surface area (Å²) in [5.74, 6) is 0. The molecule has 1 aliphatic rings. The summed E-state index contributed by atoms with van der Waals surface area (Å²) in [7, 11) is 0. The summed E-state index contributed by atoms with van der Waals surface area (Å²) < 4.78 is 11.2. The first-order valence-electron chi connectivity index (χ1n) is 6.33. The van der Waals surface area contributed by atoms with Crippen LogP contribution in [0.2, 0.25) is 5.02 Å². The second-order valence-electron chi connectivity index (χ2n) is 4.57. The van der Waals surface area contributed by atoms with E-state index in [4.69, 9.17) is 21.1 Å². The van der Waals surface area contributed by atoms with Gasteiger partial charge in [0, 0.05) is 37.7 Å². The number of halogens is 1. The van der Waals surface area contributed by atoms with Crippen LogP contribution < -0.4 is 0 Å². The molecule has 0 aromatic heterocycles. The van der Waals surface area contributed by atoms with Crippen molar-refractivity contribution in [3.63, 3.8) is 0 Å². The van der Waals surface area contributed by atoms with Crippen molar-refractivity contribution in [1.29, 1.82) is 0 Å². The first-order chi connectivity index (χ1) is 8.68. The van der Waals surface area contributed by atoms with Gasteiger partial charge in [0.25, 0.3) is 0 Å². The number of ether oxygens (including phenoxy) is 2. The minimum atomic E-state index is -0.667. The van der Waals surface area contributed by atoms with Crippen LogP contribution in [0.3, 0.4) is 0 Å². The quantitative estimate of drug-likeness (QED) is 0.914. The maximum absolute atomic E-state index is 10.6. The van der Waals surface area contributed by atoms with E-state index in [0.717, 1.165) is 5.56 Å². The fourth-order valence-electron chi connectivity index (χ4n) is 2.48. The molecule has 1 saturated heterocycles. The van der Waals surface area contributed by atoms with Crippen LogP contribution >= 0.6 is 11.6 Å². The van der Waals surface area contributed by atoms with Gasteiger partial charge in [0.1, 0.15) is 11.7 Å². The molecule has 1 aliphatic heterocycles. The molecule has 0 saturated carbocycles. The van der Waals surface area contributed by atoms with Crippen molar-refractivity contribution in [2.45, 2.75) is 31.5 Å². The Balaban J connectivity index is 2.24. The lowest BCUT2D eigenvalue weighted by atomic mass is 9.84. The van der Waals surface area contributed by atoms with Crippen LogP contribution in [-0.4, -0.2) is 30.5 Å². The van der Waals surface area contributed by atoms with Gasteiger partial charge < -0.3 is 14.6 Å². The van der Waals surface area contributed by atoms with Crippen LogP contribution in [-0.2, 0) is 9.47 Å². The third-order valence-electron chi connectivity index (χ3n) is 3.43. The van der Waals surface area contributed by atoms with Crippen molar-refractivity contribution in [1.82, 2.24) is 0 Å². The SMILES string of the molecule is CCOC1(C(O)c2cccc(Cl)c2)CCOCC1. The zero-order chi connectivity index (χ0) is 13.0. The molecule has 3 nitrogen and oxygen atoms in total. The second kappa shape index (κ2) is 6.02. The Hall–Kier alpha value is -0.610. The first-order valence-corrected chi connectivity index (χ1v) is 6.71. The van der Waals surface area contributed by atoms with E-state index in [0.29, 0.717) is 37.7 Å². The highest BCUT2D eigenvalue weighted by atomic mass is 35.5. The summed E-state index contributed by atoms with van der Waals surface area (Å²) in [6, 6.07) is 7.32. The monoisotopic (exact) mass is 270 g/mol. The molecular weight excluding hydrogens is 252 g/mol. The maximum atomic E-state index is 10.6. The predicted molar refractivity (Wildman–Crippen MR) is 70.8 cm³/mol. The van der Waals surface area contributed by atoms with Crippen LogP contribution in [0.1, 0.15) is 31.4 Å². The van der Waals surface area contributed by atoms with E-state index in [1.54, 1.807) is 12.1 Å². The molecule has 100 valence electrons. The van der Waals surface area contributed by atoms with Gasteiger partial charge in [-0.15, -0.1) is 0 Å². The summed E-state index contributed by atoms with van der Waals surface area (Å²) in [5, 5.41) is 11.2. The molecule has 0 bridgehead atoms. The maximum Gasteiger partial charge on any atom is 0.108 e. The van der Waals surface area contributed by atoms with Gasteiger partial charge in [-0.2, -0.15) is 0 Å². The standard InChI is InChI=1S/C14H19ClO3/c1-2-18-14(6-8-17-9-7-14)13(16)11-4-3-5-12(15)10-11/h3-5,10,13,16H,2,6-9H2,1H3. The molecule has 4 heteroatoms. The summed E-state index contributed by atoms with van der Waals surface area (Å²) in [6.45, 7) is 3.77. The van der Waals surface area contributed by atoms with Gasteiger partial charge in [0.2, 0.25) is 0 Å². The normalized spacial score (nSPS) is 20.6. The second-order valence-corrected chi connectivity index (χ2v) is 5.00. The van der Waals surface area contributed by atoms with Crippen LogP contribution in [0, 0.1) is 0 Å². The fourth-order valence-corrected chi connectivity index (χ4v) is 2.68. The lowest BCUT2D eigenvalue weighted by Gasteiger charge is -2.40. The third-order valence-corrected chi connectivity index (χ3v) is 3.67. The van der Waals surface area contributed by atoms with Gasteiger partial charge in [-0.05, 0) is 24.6 Å². The molecule has 1 unspecified atom stereocenters. The molecule has 0 spiro atoms. The van der Waals surface area contributed by atoms with E-state index in [-0.39, 0.29) is 0 Å². The summed E-state index contributed by atoms with van der Waals surface area (Å²) in [4.78, 5) is 0. The lowest BCUT2D eigenvalue weighted by molar-refractivity contribution is -0.168. The highest BCUT2D eigenvalue weighted by Crippen LogP contribution is 2.38. The molecule has 0 radical (unpaired) electrons. The Morgan fingerprint density at radius 3 is 2.78 bits per heavy atom.